The molecule has 0 radical (unpaired) electrons. The minimum absolute atomic E-state index is 0.111. The first-order valence-electron chi connectivity index (χ1n) is 11.5. The van der Waals surface area contributed by atoms with Gasteiger partial charge in [0, 0.05) is 49.3 Å². The number of anilines is 1. The fourth-order valence-electron chi connectivity index (χ4n) is 4.34. The molecule has 1 aliphatic rings. The highest BCUT2D eigenvalue weighted by atomic mass is 16.2. The van der Waals surface area contributed by atoms with Crippen molar-refractivity contribution in [3.8, 4) is 0 Å². The number of aromatic amines is 1. The van der Waals surface area contributed by atoms with E-state index in [0.717, 1.165) is 32.6 Å². The molecule has 4 amide bonds. The van der Waals surface area contributed by atoms with E-state index in [1.54, 1.807) is 6.92 Å². The molecule has 0 aliphatic carbocycles. The molecule has 0 spiro atoms. The van der Waals surface area contributed by atoms with Gasteiger partial charge in [-0.2, -0.15) is 0 Å². The minimum atomic E-state index is -0.960. The molecule has 1 fully saturated rings. The van der Waals surface area contributed by atoms with Gasteiger partial charge in [-0.25, -0.2) is 4.79 Å². The molecule has 2 heterocycles. The summed E-state index contributed by atoms with van der Waals surface area (Å²) in [5.74, 6) is -0.860. The van der Waals surface area contributed by atoms with Crippen molar-refractivity contribution in [2.75, 3.05) is 32.1 Å². The van der Waals surface area contributed by atoms with Gasteiger partial charge in [-0.15, -0.1) is 0 Å². The first-order chi connectivity index (χ1) is 16.2. The molecule has 1 saturated heterocycles. The molecular formula is C26H31N5O3. The fraction of sp³-hybridized carbons (Fsp3) is 0.346. The summed E-state index contributed by atoms with van der Waals surface area (Å²) >= 11 is 0. The molecule has 3 N–H and O–H groups in total. The van der Waals surface area contributed by atoms with Crippen molar-refractivity contribution >= 4 is 34.4 Å². The Hall–Kier alpha value is -3.81. The van der Waals surface area contributed by atoms with Gasteiger partial charge < -0.3 is 20.5 Å². The molecule has 1 aliphatic heterocycles. The first kappa shape index (κ1) is 23.4. The van der Waals surface area contributed by atoms with Gasteiger partial charge in [0.15, 0.2) is 0 Å². The minimum Gasteiger partial charge on any atom is -0.378 e. The van der Waals surface area contributed by atoms with Crippen LogP contribution in [0.25, 0.3) is 10.9 Å². The Kier molecular flexibility index (Phi) is 6.32. The quantitative estimate of drug-likeness (QED) is 0.449. The third kappa shape index (κ3) is 4.35. The van der Waals surface area contributed by atoms with Gasteiger partial charge in [0.05, 0.1) is 0 Å². The van der Waals surface area contributed by atoms with Crippen molar-refractivity contribution in [2.24, 2.45) is 0 Å². The van der Waals surface area contributed by atoms with Crippen molar-refractivity contribution in [3.05, 3.63) is 65.9 Å². The Morgan fingerprint density at radius 3 is 2.47 bits per heavy atom. The van der Waals surface area contributed by atoms with Gasteiger partial charge in [0.25, 0.3) is 5.91 Å². The predicted octanol–water partition coefficient (Wildman–Crippen LogP) is 3.20. The average Bonchev–Trinajstić information content (AvgIpc) is 3.34. The van der Waals surface area contributed by atoms with Gasteiger partial charge in [0.1, 0.15) is 12.1 Å². The van der Waals surface area contributed by atoms with Crippen LogP contribution in [0, 0.1) is 0 Å². The lowest BCUT2D eigenvalue weighted by Gasteiger charge is -2.21. The number of urea groups is 1. The summed E-state index contributed by atoms with van der Waals surface area (Å²) in [6.45, 7) is 3.53. The summed E-state index contributed by atoms with van der Waals surface area (Å²) in [6, 6.07) is 15.8. The van der Waals surface area contributed by atoms with Crippen LogP contribution < -0.4 is 15.5 Å². The number of nitrogens with one attached hydrogen (secondary N) is 3. The van der Waals surface area contributed by atoms with Crippen LogP contribution >= 0.6 is 0 Å². The first-order valence-corrected chi connectivity index (χ1v) is 11.5. The van der Waals surface area contributed by atoms with Crippen molar-refractivity contribution < 1.29 is 14.4 Å². The second kappa shape index (κ2) is 9.21. The van der Waals surface area contributed by atoms with E-state index in [1.165, 1.54) is 0 Å². The van der Waals surface area contributed by atoms with E-state index < -0.39 is 11.6 Å². The maximum absolute atomic E-state index is 12.8. The SMILES string of the molecule is CC[C@]1(C)NC(=O)N(CC(=O)NC[C@H](c2ccc(N(C)C)cc2)c2c[nH]c3ccccc23)C1=O. The van der Waals surface area contributed by atoms with Crippen LogP contribution in [0.1, 0.15) is 37.3 Å². The maximum Gasteiger partial charge on any atom is 0.325 e. The Labute approximate surface area is 199 Å². The Balaban J connectivity index is 1.55. The molecule has 0 bridgehead atoms. The number of amides is 4. The van der Waals surface area contributed by atoms with Gasteiger partial charge in [-0.05, 0) is 42.7 Å². The van der Waals surface area contributed by atoms with E-state index in [9.17, 15) is 14.4 Å². The number of carbonyl (C=O) groups excluding carboxylic acids is 3. The summed E-state index contributed by atoms with van der Waals surface area (Å²) in [5.41, 5.74) is 3.28. The van der Waals surface area contributed by atoms with Crippen molar-refractivity contribution in [2.45, 2.75) is 31.7 Å². The van der Waals surface area contributed by atoms with E-state index >= 15 is 0 Å². The summed E-state index contributed by atoms with van der Waals surface area (Å²) in [5, 5.41) is 6.72. The lowest BCUT2D eigenvalue weighted by atomic mass is 9.90. The average molecular weight is 462 g/mol. The van der Waals surface area contributed by atoms with Gasteiger partial charge in [-0.1, -0.05) is 37.3 Å². The van der Waals surface area contributed by atoms with Crippen LogP contribution in [0.3, 0.4) is 0 Å². The standard InChI is InChI=1S/C26H31N5O3/c1-5-26(2)24(33)31(25(34)29-26)16-23(32)28-14-20(17-10-12-18(13-11-17)30(3)4)21-15-27-22-9-7-6-8-19(21)22/h6-13,15,20,27H,5,14,16H2,1-4H3,(H,28,32)(H,29,34)/t20-,26+/m1/s1. The smallest absolute Gasteiger partial charge is 0.325 e. The summed E-state index contributed by atoms with van der Waals surface area (Å²) in [7, 11) is 3.98. The lowest BCUT2D eigenvalue weighted by molar-refractivity contribution is -0.134. The van der Waals surface area contributed by atoms with Crippen LogP contribution in [0.2, 0.25) is 0 Å². The number of imide groups is 1. The Morgan fingerprint density at radius 2 is 1.82 bits per heavy atom. The van der Waals surface area contributed by atoms with Crippen molar-refractivity contribution in [1.82, 2.24) is 20.5 Å². The molecule has 2 aromatic carbocycles. The Morgan fingerprint density at radius 1 is 1.12 bits per heavy atom. The molecule has 0 saturated carbocycles. The number of hydrogen-bond donors (Lipinski definition) is 3. The van der Waals surface area contributed by atoms with Crippen LogP contribution in [-0.4, -0.2) is 60.5 Å². The highest BCUT2D eigenvalue weighted by Gasteiger charge is 2.47. The highest BCUT2D eigenvalue weighted by molar-refractivity contribution is 6.08. The van der Waals surface area contributed by atoms with Crippen LogP contribution in [0.5, 0.6) is 0 Å². The van der Waals surface area contributed by atoms with E-state index in [4.69, 9.17) is 0 Å². The molecule has 2 atom stereocenters. The molecule has 34 heavy (non-hydrogen) atoms. The lowest BCUT2D eigenvalue weighted by Crippen LogP contribution is -2.45. The number of benzene rings is 2. The number of para-hydroxylation sites is 1. The van der Waals surface area contributed by atoms with Gasteiger partial charge in [-0.3, -0.25) is 14.5 Å². The number of carbonyl (C=O) groups is 3. The molecule has 1 aromatic heterocycles. The van der Waals surface area contributed by atoms with E-state index in [1.807, 2.05) is 50.3 Å². The highest BCUT2D eigenvalue weighted by Crippen LogP contribution is 2.31. The number of hydrogen-bond acceptors (Lipinski definition) is 4. The zero-order valence-electron chi connectivity index (χ0n) is 20.0. The van der Waals surface area contributed by atoms with Gasteiger partial charge in [0.2, 0.25) is 5.91 Å². The topological polar surface area (TPSA) is 97.5 Å². The van der Waals surface area contributed by atoms with Crippen LogP contribution in [0.15, 0.2) is 54.7 Å². The van der Waals surface area contributed by atoms with E-state index in [2.05, 4.69) is 45.9 Å². The fourth-order valence-corrected chi connectivity index (χ4v) is 4.34. The molecule has 4 rings (SSSR count). The number of aromatic nitrogens is 1. The molecule has 8 nitrogen and oxygen atoms in total. The third-order valence-corrected chi connectivity index (χ3v) is 6.67. The monoisotopic (exact) mass is 461 g/mol. The predicted molar refractivity (Wildman–Crippen MR) is 133 cm³/mol. The van der Waals surface area contributed by atoms with Crippen molar-refractivity contribution in [1.29, 1.82) is 0 Å². The number of nitrogens with zero attached hydrogens (tertiary/aromatic N) is 2. The zero-order valence-corrected chi connectivity index (χ0v) is 20.0. The summed E-state index contributed by atoms with van der Waals surface area (Å²) < 4.78 is 0. The number of fused-ring (bicyclic) bond motifs is 1. The molecular weight excluding hydrogens is 430 g/mol. The van der Waals surface area contributed by atoms with Crippen LogP contribution in [-0.2, 0) is 9.59 Å². The number of rotatable bonds is 8. The summed E-state index contributed by atoms with van der Waals surface area (Å²) in [6.07, 6.45) is 2.44. The Bertz CT molecular complexity index is 1220. The van der Waals surface area contributed by atoms with Crippen LogP contribution in [0.4, 0.5) is 10.5 Å². The zero-order chi connectivity index (χ0) is 24.5. The number of H-pyrrole nitrogens is 1. The van der Waals surface area contributed by atoms with Crippen molar-refractivity contribution in [3.63, 3.8) is 0 Å². The second-order valence-corrected chi connectivity index (χ2v) is 9.14. The van der Waals surface area contributed by atoms with E-state index in [0.29, 0.717) is 13.0 Å². The largest absolute Gasteiger partial charge is 0.378 e. The molecule has 8 heteroatoms. The van der Waals surface area contributed by atoms with E-state index in [-0.39, 0.29) is 24.3 Å². The third-order valence-electron chi connectivity index (χ3n) is 6.67. The second-order valence-electron chi connectivity index (χ2n) is 9.14. The molecule has 3 aromatic rings. The normalized spacial score (nSPS) is 18.8. The maximum atomic E-state index is 12.8. The summed E-state index contributed by atoms with van der Waals surface area (Å²) in [4.78, 5) is 44.1. The molecule has 0 unspecified atom stereocenters. The molecule has 178 valence electrons. The van der Waals surface area contributed by atoms with Gasteiger partial charge >= 0.3 is 6.03 Å².